The molecule has 0 aliphatic carbocycles. The Morgan fingerprint density at radius 3 is 2.46 bits per heavy atom. The van der Waals surface area contributed by atoms with Gasteiger partial charge in [-0.3, -0.25) is 0 Å². The van der Waals surface area contributed by atoms with E-state index in [9.17, 15) is 9.18 Å². The van der Waals surface area contributed by atoms with Crippen LogP contribution in [0.25, 0.3) is 16.7 Å². The number of nitrogens with one attached hydrogen (secondary N) is 1. The molecule has 4 rings (SSSR count). The molecule has 1 fully saturated rings. The topological polar surface area (TPSA) is 32.3 Å². The standard InChI is InChI=1S/C24H27FN2O/c1-24(2,3)26-23(28)27-19-10-11-20(27)14-18(13-19)17-9-12-21(22(25)15-17)16-7-5-4-6-8-16/h4-9,12-13,15,19-20H,10-11,14H2,1-3H3,(H,26,28). The van der Waals surface area contributed by atoms with Crippen LogP contribution in [0.2, 0.25) is 0 Å². The van der Waals surface area contributed by atoms with E-state index in [-0.39, 0.29) is 29.5 Å². The summed E-state index contributed by atoms with van der Waals surface area (Å²) < 4.78 is 14.8. The molecule has 0 radical (unpaired) electrons. The first-order valence-electron chi connectivity index (χ1n) is 9.98. The van der Waals surface area contributed by atoms with Crippen molar-refractivity contribution in [3.05, 3.63) is 66.0 Å². The monoisotopic (exact) mass is 378 g/mol. The van der Waals surface area contributed by atoms with Crippen LogP contribution in [0, 0.1) is 5.82 Å². The van der Waals surface area contributed by atoms with Crippen molar-refractivity contribution in [1.82, 2.24) is 10.2 Å². The molecule has 0 aromatic heterocycles. The highest BCUT2D eigenvalue weighted by Gasteiger charge is 2.40. The summed E-state index contributed by atoms with van der Waals surface area (Å²) in [7, 11) is 0. The first-order valence-corrected chi connectivity index (χ1v) is 9.98. The number of halogens is 1. The molecule has 0 spiro atoms. The first kappa shape index (κ1) is 18.7. The molecule has 4 heteroatoms. The number of fused-ring (bicyclic) bond motifs is 2. The van der Waals surface area contributed by atoms with Gasteiger partial charge in [-0.2, -0.15) is 0 Å². The van der Waals surface area contributed by atoms with E-state index in [0.29, 0.717) is 5.56 Å². The van der Waals surface area contributed by atoms with Crippen LogP contribution in [0.3, 0.4) is 0 Å². The number of hydrogen-bond acceptors (Lipinski definition) is 1. The maximum absolute atomic E-state index is 14.8. The van der Waals surface area contributed by atoms with Gasteiger partial charge in [0, 0.05) is 17.1 Å². The molecule has 2 heterocycles. The highest BCUT2D eigenvalue weighted by atomic mass is 19.1. The first-order chi connectivity index (χ1) is 13.3. The molecule has 2 unspecified atom stereocenters. The Morgan fingerprint density at radius 2 is 1.82 bits per heavy atom. The number of benzene rings is 2. The van der Waals surface area contributed by atoms with Crippen molar-refractivity contribution in [3.63, 3.8) is 0 Å². The van der Waals surface area contributed by atoms with Gasteiger partial charge in [-0.25, -0.2) is 9.18 Å². The SMILES string of the molecule is CC(C)(C)NC(=O)N1C2C=C(c3ccc(-c4ccccc4)c(F)c3)CC1CC2. The van der Waals surface area contributed by atoms with Gasteiger partial charge in [0.15, 0.2) is 0 Å². The van der Waals surface area contributed by atoms with Gasteiger partial charge in [0.25, 0.3) is 0 Å². The fraction of sp³-hybridized carbons (Fsp3) is 0.375. The maximum Gasteiger partial charge on any atom is 0.318 e. The van der Waals surface area contributed by atoms with Crippen molar-refractivity contribution in [2.75, 3.05) is 0 Å². The molecule has 146 valence electrons. The highest BCUT2D eigenvalue weighted by molar-refractivity contribution is 5.80. The van der Waals surface area contributed by atoms with Gasteiger partial charge in [0.05, 0.1) is 6.04 Å². The van der Waals surface area contributed by atoms with Crippen LogP contribution in [-0.2, 0) is 0 Å². The lowest BCUT2D eigenvalue weighted by molar-refractivity contribution is 0.171. The second-order valence-electron chi connectivity index (χ2n) is 8.84. The number of hydrogen-bond donors (Lipinski definition) is 1. The van der Waals surface area contributed by atoms with Crippen molar-refractivity contribution in [1.29, 1.82) is 0 Å². The van der Waals surface area contributed by atoms with Gasteiger partial charge >= 0.3 is 6.03 Å². The molecule has 0 saturated carbocycles. The second-order valence-corrected chi connectivity index (χ2v) is 8.84. The lowest BCUT2D eigenvalue weighted by Gasteiger charge is -2.36. The smallest absolute Gasteiger partial charge is 0.318 e. The molecule has 28 heavy (non-hydrogen) atoms. The quantitative estimate of drug-likeness (QED) is 0.723. The van der Waals surface area contributed by atoms with E-state index in [2.05, 4.69) is 11.4 Å². The molecule has 2 atom stereocenters. The number of nitrogens with zero attached hydrogens (tertiary/aromatic N) is 1. The third-order valence-electron chi connectivity index (χ3n) is 5.54. The van der Waals surface area contributed by atoms with Gasteiger partial charge < -0.3 is 10.2 Å². The highest BCUT2D eigenvalue weighted by Crippen LogP contribution is 2.39. The van der Waals surface area contributed by atoms with Crippen molar-refractivity contribution in [2.24, 2.45) is 0 Å². The Hall–Kier alpha value is -2.62. The molecular weight excluding hydrogens is 351 g/mol. The number of amides is 2. The Bertz CT molecular complexity index is 914. The molecular formula is C24H27FN2O. The van der Waals surface area contributed by atoms with E-state index in [1.54, 1.807) is 6.07 Å². The van der Waals surface area contributed by atoms with Crippen LogP contribution in [0.4, 0.5) is 9.18 Å². The summed E-state index contributed by atoms with van der Waals surface area (Å²) >= 11 is 0. The third-order valence-corrected chi connectivity index (χ3v) is 5.54. The maximum atomic E-state index is 14.8. The number of rotatable bonds is 2. The summed E-state index contributed by atoms with van der Waals surface area (Å²) in [5.41, 5.74) is 3.32. The molecule has 3 nitrogen and oxygen atoms in total. The van der Waals surface area contributed by atoms with E-state index in [1.807, 2.05) is 68.1 Å². The van der Waals surface area contributed by atoms with Crippen LogP contribution >= 0.6 is 0 Å². The minimum Gasteiger partial charge on any atom is -0.333 e. The average Bonchev–Trinajstić information content (AvgIpc) is 2.91. The molecule has 2 aromatic rings. The number of carbonyl (C=O) groups is 1. The lowest BCUT2D eigenvalue weighted by Crippen LogP contribution is -2.53. The summed E-state index contributed by atoms with van der Waals surface area (Å²) in [6, 6.07) is 15.4. The van der Waals surface area contributed by atoms with Crippen LogP contribution in [0.5, 0.6) is 0 Å². The van der Waals surface area contributed by atoms with Crippen molar-refractivity contribution in [2.45, 2.75) is 57.7 Å². The zero-order valence-corrected chi connectivity index (χ0v) is 16.7. The minimum absolute atomic E-state index is 0.000839. The predicted molar refractivity (Wildman–Crippen MR) is 111 cm³/mol. The number of urea groups is 1. The lowest BCUT2D eigenvalue weighted by atomic mass is 9.93. The fourth-order valence-corrected chi connectivity index (χ4v) is 4.31. The largest absolute Gasteiger partial charge is 0.333 e. The van der Waals surface area contributed by atoms with Crippen LogP contribution in [-0.4, -0.2) is 28.6 Å². The van der Waals surface area contributed by atoms with Crippen molar-refractivity contribution >= 4 is 11.6 Å². The summed E-state index contributed by atoms with van der Waals surface area (Å²) in [4.78, 5) is 14.7. The molecule has 2 aliphatic heterocycles. The second kappa shape index (κ2) is 7.08. The van der Waals surface area contributed by atoms with E-state index in [4.69, 9.17) is 0 Å². The Balaban J connectivity index is 1.57. The Kier molecular flexibility index (Phi) is 4.74. The summed E-state index contributed by atoms with van der Waals surface area (Å²) in [6.07, 6.45) is 4.89. The summed E-state index contributed by atoms with van der Waals surface area (Å²) in [6.45, 7) is 5.99. The molecule has 1 saturated heterocycles. The van der Waals surface area contributed by atoms with Gasteiger partial charge in [0.2, 0.25) is 0 Å². The van der Waals surface area contributed by atoms with Crippen LogP contribution in [0.15, 0.2) is 54.6 Å². The molecule has 1 N–H and O–H groups in total. The van der Waals surface area contributed by atoms with E-state index < -0.39 is 0 Å². The van der Waals surface area contributed by atoms with Gasteiger partial charge in [0.1, 0.15) is 5.82 Å². The average molecular weight is 378 g/mol. The normalized spacial score (nSPS) is 21.4. The van der Waals surface area contributed by atoms with Crippen LogP contribution in [0.1, 0.15) is 45.6 Å². The third kappa shape index (κ3) is 3.68. The van der Waals surface area contributed by atoms with E-state index >= 15 is 0 Å². The minimum atomic E-state index is -0.253. The van der Waals surface area contributed by atoms with Gasteiger partial charge in [-0.1, -0.05) is 48.5 Å². The fourth-order valence-electron chi connectivity index (χ4n) is 4.31. The molecule has 2 amide bonds. The molecule has 2 bridgehead atoms. The Labute approximate surface area is 166 Å². The zero-order valence-electron chi connectivity index (χ0n) is 16.7. The summed E-state index contributed by atoms with van der Waals surface area (Å²) in [5.74, 6) is -0.204. The zero-order chi connectivity index (χ0) is 19.9. The van der Waals surface area contributed by atoms with Gasteiger partial charge in [-0.15, -0.1) is 0 Å². The van der Waals surface area contributed by atoms with E-state index in [1.165, 1.54) is 0 Å². The van der Waals surface area contributed by atoms with Gasteiger partial charge in [-0.05, 0) is 62.8 Å². The number of carbonyl (C=O) groups excluding carboxylic acids is 1. The van der Waals surface area contributed by atoms with Crippen LogP contribution < -0.4 is 5.32 Å². The molecule has 2 aromatic carbocycles. The summed E-state index contributed by atoms with van der Waals surface area (Å²) in [5, 5.41) is 3.08. The molecule has 2 aliphatic rings. The Morgan fingerprint density at radius 1 is 1.07 bits per heavy atom. The van der Waals surface area contributed by atoms with Crippen molar-refractivity contribution in [3.8, 4) is 11.1 Å². The van der Waals surface area contributed by atoms with E-state index in [0.717, 1.165) is 36.0 Å². The predicted octanol–water partition coefficient (Wildman–Crippen LogP) is 5.62. The van der Waals surface area contributed by atoms with Crippen molar-refractivity contribution < 1.29 is 9.18 Å².